The quantitative estimate of drug-likeness (QED) is 0.469. The molecular weight excluding hydrogens is 285 g/mol. The first-order valence-electron chi connectivity index (χ1n) is 6.99. The third kappa shape index (κ3) is 5.12. The summed E-state index contributed by atoms with van der Waals surface area (Å²) in [6.45, 7) is 2.11. The van der Waals surface area contributed by atoms with Gasteiger partial charge in [0.1, 0.15) is 5.82 Å². The van der Waals surface area contributed by atoms with Crippen LogP contribution in [0.1, 0.15) is 18.2 Å². The van der Waals surface area contributed by atoms with Crippen molar-refractivity contribution >= 4 is 11.8 Å². The number of nitrogens with zero attached hydrogens (tertiary/aromatic N) is 1. The molecule has 2 aromatic rings. The summed E-state index contributed by atoms with van der Waals surface area (Å²) in [5.74, 6) is 6.20. The Morgan fingerprint density at radius 1 is 1.24 bits per heavy atom. The summed E-state index contributed by atoms with van der Waals surface area (Å²) in [4.78, 5) is 5.48. The number of aryl methyl sites for hydroxylation is 1. The van der Waals surface area contributed by atoms with Crippen LogP contribution in [0.4, 0.5) is 4.39 Å². The van der Waals surface area contributed by atoms with Crippen molar-refractivity contribution in [3.8, 4) is 0 Å². The maximum atomic E-state index is 12.9. The summed E-state index contributed by atoms with van der Waals surface area (Å²) in [5, 5.41) is 0. The molecular formula is C16H20FN3S. The fraction of sp³-hybridized carbons (Fsp3) is 0.312. The highest BCUT2D eigenvalue weighted by Crippen LogP contribution is 2.19. The molecule has 5 heteroatoms. The first-order valence-corrected chi connectivity index (χ1v) is 7.98. The molecule has 1 aromatic heterocycles. The molecule has 0 aliphatic heterocycles. The van der Waals surface area contributed by atoms with Crippen LogP contribution in [-0.4, -0.2) is 16.8 Å². The largest absolute Gasteiger partial charge is 0.271 e. The zero-order chi connectivity index (χ0) is 15.1. The summed E-state index contributed by atoms with van der Waals surface area (Å²) >= 11 is 1.65. The van der Waals surface area contributed by atoms with Crippen molar-refractivity contribution in [2.24, 2.45) is 5.84 Å². The molecule has 3 N–H and O–H groups in total. The van der Waals surface area contributed by atoms with Gasteiger partial charge >= 0.3 is 0 Å². The lowest BCUT2D eigenvalue weighted by molar-refractivity contribution is 0.569. The molecule has 21 heavy (non-hydrogen) atoms. The fourth-order valence-corrected chi connectivity index (χ4v) is 2.87. The van der Waals surface area contributed by atoms with E-state index in [0.717, 1.165) is 29.2 Å². The average Bonchev–Trinajstić information content (AvgIpc) is 2.53. The molecule has 2 rings (SSSR count). The van der Waals surface area contributed by atoms with Crippen LogP contribution in [0.2, 0.25) is 0 Å². The lowest BCUT2D eigenvalue weighted by Crippen LogP contribution is -2.38. The van der Waals surface area contributed by atoms with Crippen LogP contribution in [0.25, 0.3) is 0 Å². The van der Waals surface area contributed by atoms with Gasteiger partial charge in [0.2, 0.25) is 0 Å². The number of halogens is 1. The maximum Gasteiger partial charge on any atom is 0.123 e. The molecule has 1 heterocycles. The number of thioether (sulfide) groups is 1. The van der Waals surface area contributed by atoms with E-state index in [4.69, 9.17) is 5.84 Å². The Morgan fingerprint density at radius 3 is 2.57 bits per heavy atom. The Kier molecular flexibility index (Phi) is 6.17. The first kappa shape index (κ1) is 15.9. The molecule has 0 spiro atoms. The summed E-state index contributed by atoms with van der Waals surface area (Å²) in [6.07, 6.45) is 3.68. The van der Waals surface area contributed by atoms with Crippen LogP contribution in [0.15, 0.2) is 47.5 Å². The SMILES string of the molecule is CCc1ccc(CC(CSc2ccc(F)cc2)NN)nc1. The van der Waals surface area contributed by atoms with Gasteiger partial charge in [-0.2, -0.15) is 0 Å². The molecule has 0 radical (unpaired) electrons. The molecule has 112 valence electrons. The molecule has 3 nitrogen and oxygen atoms in total. The van der Waals surface area contributed by atoms with Crippen LogP contribution >= 0.6 is 11.8 Å². The number of rotatable bonds is 7. The van der Waals surface area contributed by atoms with Gasteiger partial charge in [-0.25, -0.2) is 4.39 Å². The van der Waals surface area contributed by atoms with Crippen LogP contribution < -0.4 is 11.3 Å². The van der Waals surface area contributed by atoms with Crippen LogP contribution in [-0.2, 0) is 12.8 Å². The number of benzene rings is 1. The van der Waals surface area contributed by atoms with Gasteiger partial charge in [-0.3, -0.25) is 16.3 Å². The van der Waals surface area contributed by atoms with Crippen molar-refractivity contribution in [3.05, 3.63) is 59.7 Å². The number of hydrogen-bond acceptors (Lipinski definition) is 4. The molecule has 0 bridgehead atoms. The minimum absolute atomic E-state index is 0.125. The van der Waals surface area contributed by atoms with Gasteiger partial charge in [-0.15, -0.1) is 11.8 Å². The normalized spacial score (nSPS) is 12.3. The monoisotopic (exact) mass is 305 g/mol. The van der Waals surface area contributed by atoms with E-state index in [-0.39, 0.29) is 11.9 Å². The van der Waals surface area contributed by atoms with Crippen molar-refractivity contribution in [2.45, 2.75) is 30.7 Å². The minimum Gasteiger partial charge on any atom is -0.271 e. The van der Waals surface area contributed by atoms with Crippen LogP contribution in [0, 0.1) is 5.82 Å². The number of pyridine rings is 1. The number of nitrogens with one attached hydrogen (secondary N) is 1. The van der Waals surface area contributed by atoms with E-state index in [1.807, 2.05) is 12.3 Å². The summed E-state index contributed by atoms with van der Waals surface area (Å²) in [6, 6.07) is 10.8. The van der Waals surface area contributed by atoms with Crippen LogP contribution in [0.5, 0.6) is 0 Å². The van der Waals surface area contributed by atoms with E-state index >= 15 is 0 Å². The van der Waals surface area contributed by atoms with Crippen molar-refractivity contribution in [3.63, 3.8) is 0 Å². The van der Waals surface area contributed by atoms with Gasteiger partial charge < -0.3 is 0 Å². The Bertz CT molecular complexity index is 542. The molecule has 1 atom stereocenters. The van der Waals surface area contributed by atoms with Gasteiger partial charge in [-0.05, 0) is 42.3 Å². The molecule has 0 amide bonds. The molecule has 0 aliphatic carbocycles. The third-order valence-electron chi connectivity index (χ3n) is 3.25. The summed E-state index contributed by atoms with van der Waals surface area (Å²) in [5.41, 5.74) is 5.08. The van der Waals surface area contributed by atoms with E-state index in [2.05, 4.69) is 23.4 Å². The summed E-state index contributed by atoms with van der Waals surface area (Å²) in [7, 11) is 0. The number of nitrogens with two attached hydrogens (primary N) is 1. The second kappa shape index (κ2) is 8.12. The van der Waals surface area contributed by atoms with Crippen molar-refractivity contribution in [2.75, 3.05) is 5.75 Å². The Labute approximate surface area is 129 Å². The lowest BCUT2D eigenvalue weighted by atomic mass is 10.1. The van der Waals surface area contributed by atoms with Gasteiger partial charge in [0.15, 0.2) is 0 Å². The molecule has 0 saturated heterocycles. The van der Waals surface area contributed by atoms with E-state index in [1.54, 1.807) is 23.9 Å². The Hall–Kier alpha value is -1.43. The maximum absolute atomic E-state index is 12.9. The second-order valence-electron chi connectivity index (χ2n) is 4.84. The van der Waals surface area contributed by atoms with E-state index in [1.165, 1.54) is 17.7 Å². The lowest BCUT2D eigenvalue weighted by Gasteiger charge is -2.15. The van der Waals surface area contributed by atoms with E-state index < -0.39 is 0 Å². The van der Waals surface area contributed by atoms with Gasteiger partial charge in [0, 0.05) is 35.0 Å². The predicted octanol–water partition coefficient (Wildman–Crippen LogP) is 2.95. The highest BCUT2D eigenvalue weighted by atomic mass is 32.2. The predicted molar refractivity (Wildman–Crippen MR) is 85.6 cm³/mol. The molecule has 1 unspecified atom stereocenters. The topological polar surface area (TPSA) is 50.9 Å². The molecule has 0 aliphatic rings. The van der Waals surface area contributed by atoms with Gasteiger partial charge in [0.05, 0.1) is 0 Å². The highest BCUT2D eigenvalue weighted by molar-refractivity contribution is 7.99. The number of aromatic nitrogens is 1. The minimum atomic E-state index is -0.215. The van der Waals surface area contributed by atoms with Gasteiger partial charge in [-0.1, -0.05) is 13.0 Å². The van der Waals surface area contributed by atoms with Gasteiger partial charge in [0.25, 0.3) is 0 Å². The Morgan fingerprint density at radius 2 is 2.00 bits per heavy atom. The van der Waals surface area contributed by atoms with E-state index in [0.29, 0.717) is 0 Å². The zero-order valence-corrected chi connectivity index (χ0v) is 12.9. The highest BCUT2D eigenvalue weighted by Gasteiger charge is 2.09. The molecule has 0 saturated carbocycles. The first-order chi connectivity index (χ1) is 10.2. The third-order valence-corrected chi connectivity index (χ3v) is 4.42. The smallest absolute Gasteiger partial charge is 0.123 e. The van der Waals surface area contributed by atoms with Crippen LogP contribution in [0.3, 0.4) is 0 Å². The van der Waals surface area contributed by atoms with Crippen molar-refractivity contribution in [1.82, 2.24) is 10.4 Å². The average molecular weight is 305 g/mol. The Balaban J connectivity index is 1.88. The number of hydrogen-bond donors (Lipinski definition) is 2. The fourth-order valence-electron chi connectivity index (χ4n) is 1.93. The van der Waals surface area contributed by atoms with Crippen molar-refractivity contribution in [1.29, 1.82) is 0 Å². The van der Waals surface area contributed by atoms with Crippen molar-refractivity contribution < 1.29 is 4.39 Å². The molecule has 0 fully saturated rings. The molecule has 1 aromatic carbocycles. The van der Waals surface area contributed by atoms with E-state index in [9.17, 15) is 4.39 Å². The second-order valence-corrected chi connectivity index (χ2v) is 5.94. The zero-order valence-electron chi connectivity index (χ0n) is 12.1. The number of hydrazine groups is 1. The standard InChI is InChI=1S/C16H20FN3S/c1-2-12-3-6-14(19-10-12)9-15(20-18)11-21-16-7-4-13(17)5-8-16/h3-8,10,15,20H,2,9,11,18H2,1H3. The summed E-state index contributed by atoms with van der Waals surface area (Å²) < 4.78 is 12.9.